The van der Waals surface area contributed by atoms with Crippen LogP contribution in [0.5, 0.6) is 0 Å². The number of thiocarbonyl (C=S) groups is 1. The third-order valence-corrected chi connectivity index (χ3v) is 2.26. The second kappa shape index (κ2) is 7.13. The van der Waals surface area contributed by atoms with E-state index in [0.717, 1.165) is 24.0 Å². The smallest absolute Gasteiger partial charge is 0.166 e. The zero-order valence-electron chi connectivity index (χ0n) is 9.18. The van der Waals surface area contributed by atoms with E-state index >= 15 is 0 Å². The highest BCUT2D eigenvalue weighted by molar-refractivity contribution is 7.80. The van der Waals surface area contributed by atoms with Crippen LogP contribution in [0, 0.1) is 5.92 Å². The van der Waals surface area contributed by atoms with Crippen molar-refractivity contribution < 1.29 is 0 Å². The molecule has 0 aromatic carbocycles. The van der Waals surface area contributed by atoms with Crippen molar-refractivity contribution in [3.8, 4) is 0 Å². The lowest BCUT2D eigenvalue weighted by Crippen LogP contribution is -2.40. The summed E-state index contributed by atoms with van der Waals surface area (Å²) in [7, 11) is 0. The van der Waals surface area contributed by atoms with Gasteiger partial charge in [0.25, 0.3) is 0 Å². The van der Waals surface area contributed by atoms with Gasteiger partial charge in [0.2, 0.25) is 0 Å². The van der Waals surface area contributed by atoms with E-state index in [2.05, 4.69) is 38.3 Å². The molecule has 0 aromatic rings. The van der Waals surface area contributed by atoms with Crippen LogP contribution in [0.2, 0.25) is 0 Å². The largest absolute Gasteiger partial charge is 0.363 e. The predicted molar refractivity (Wildman–Crippen MR) is 62.9 cm³/mol. The first-order valence-corrected chi connectivity index (χ1v) is 5.51. The summed E-state index contributed by atoms with van der Waals surface area (Å²) >= 11 is 5.13. The molecule has 1 unspecified atom stereocenters. The van der Waals surface area contributed by atoms with Crippen molar-refractivity contribution in [3.05, 3.63) is 0 Å². The third-order valence-electron chi connectivity index (χ3n) is 2.00. The fourth-order valence-corrected chi connectivity index (χ4v) is 1.15. The quantitative estimate of drug-likeness (QED) is 0.669. The molecule has 0 fully saturated rings. The topological polar surface area (TPSA) is 24.1 Å². The second-order valence-electron chi connectivity index (χ2n) is 3.89. The molecule has 2 nitrogen and oxygen atoms in total. The number of hydrogen-bond donors (Lipinski definition) is 2. The van der Waals surface area contributed by atoms with Crippen LogP contribution in [0.3, 0.4) is 0 Å². The van der Waals surface area contributed by atoms with E-state index in [-0.39, 0.29) is 0 Å². The van der Waals surface area contributed by atoms with Crippen LogP contribution < -0.4 is 10.6 Å². The molecule has 0 amide bonds. The van der Waals surface area contributed by atoms with Crippen molar-refractivity contribution in [3.63, 3.8) is 0 Å². The molecule has 0 spiro atoms. The Hall–Kier alpha value is -0.310. The average Bonchev–Trinajstić information content (AvgIpc) is 2.03. The first-order chi connectivity index (χ1) is 6.06. The molecule has 78 valence electrons. The van der Waals surface area contributed by atoms with Crippen molar-refractivity contribution >= 4 is 17.3 Å². The minimum atomic E-state index is 0.471. The van der Waals surface area contributed by atoms with Gasteiger partial charge in [0.05, 0.1) is 0 Å². The van der Waals surface area contributed by atoms with E-state index in [0.29, 0.717) is 6.04 Å². The van der Waals surface area contributed by atoms with Crippen LogP contribution >= 0.6 is 12.2 Å². The SMILES string of the molecule is CCC(C)NC(=S)NCCC(C)C. The van der Waals surface area contributed by atoms with Crippen LogP contribution in [0.15, 0.2) is 0 Å². The van der Waals surface area contributed by atoms with Gasteiger partial charge in [-0.2, -0.15) is 0 Å². The van der Waals surface area contributed by atoms with Crippen LogP contribution in [-0.4, -0.2) is 17.7 Å². The molecular weight excluding hydrogens is 180 g/mol. The van der Waals surface area contributed by atoms with Gasteiger partial charge in [-0.25, -0.2) is 0 Å². The van der Waals surface area contributed by atoms with Gasteiger partial charge in [0.1, 0.15) is 0 Å². The third kappa shape index (κ3) is 8.03. The van der Waals surface area contributed by atoms with E-state index in [4.69, 9.17) is 12.2 Å². The molecule has 0 aliphatic carbocycles. The van der Waals surface area contributed by atoms with E-state index in [1.54, 1.807) is 0 Å². The van der Waals surface area contributed by atoms with Gasteiger partial charge >= 0.3 is 0 Å². The van der Waals surface area contributed by atoms with E-state index < -0.39 is 0 Å². The molecule has 0 saturated carbocycles. The van der Waals surface area contributed by atoms with Gasteiger partial charge in [0, 0.05) is 12.6 Å². The highest BCUT2D eigenvalue weighted by Crippen LogP contribution is 1.96. The maximum absolute atomic E-state index is 5.13. The van der Waals surface area contributed by atoms with E-state index in [9.17, 15) is 0 Å². The second-order valence-corrected chi connectivity index (χ2v) is 4.30. The maximum Gasteiger partial charge on any atom is 0.166 e. The average molecular weight is 202 g/mol. The molecule has 1 atom stereocenters. The van der Waals surface area contributed by atoms with Gasteiger partial charge in [-0.15, -0.1) is 0 Å². The summed E-state index contributed by atoms with van der Waals surface area (Å²) in [6.07, 6.45) is 2.27. The fourth-order valence-electron chi connectivity index (χ4n) is 0.851. The Balaban J connectivity index is 3.41. The van der Waals surface area contributed by atoms with Crippen LogP contribution in [0.25, 0.3) is 0 Å². The standard InChI is InChI=1S/C10H22N2S/c1-5-9(4)12-10(13)11-7-6-8(2)3/h8-9H,5-7H2,1-4H3,(H2,11,12,13). The van der Waals surface area contributed by atoms with Gasteiger partial charge < -0.3 is 10.6 Å². The Bertz CT molecular complexity index is 146. The van der Waals surface area contributed by atoms with Gasteiger partial charge in [-0.05, 0) is 37.9 Å². The maximum atomic E-state index is 5.13. The van der Waals surface area contributed by atoms with Crippen molar-refractivity contribution in [2.45, 2.75) is 46.6 Å². The molecule has 0 rings (SSSR count). The highest BCUT2D eigenvalue weighted by Gasteiger charge is 2.00. The predicted octanol–water partition coefficient (Wildman–Crippen LogP) is 2.30. The lowest BCUT2D eigenvalue weighted by molar-refractivity contribution is 0.568. The lowest BCUT2D eigenvalue weighted by atomic mass is 10.1. The number of hydrogen-bond acceptors (Lipinski definition) is 1. The van der Waals surface area contributed by atoms with E-state index in [1.807, 2.05) is 0 Å². The molecule has 13 heavy (non-hydrogen) atoms. The Morgan fingerprint density at radius 1 is 1.31 bits per heavy atom. The monoisotopic (exact) mass is 202 g/mol. The van der Waals surface area contributed by atoms with Gasteiger partial charge in [-0.1, -0.05) is 20.8 Å². The molecule has 0 aliphatic heterocycles. The number of rotatable bonds is 5. The first kappa shape index (κ1) is 12.7. The Morgan fingerprint density at radius 2 is 1.92 bits per heavy atom. The number of nitrogens with one attached hydrogen (secondary N) is 2. The minimum Gasteiger partial charge on any atom is -0.363 e. The summed E-state index contributed by atoms with van der Waals surface area (Å²) in [5.74, 6) is 0.735. The molecule has 0 aliphatic rings. The van der Waals surface area contributed by atoms with Crippen molar-refractivity contribution in [2.24, 2.45) is 5.92 Å². The van der Waals surface area contributed by atoms with Crippen LogP contribution in [-0.2, 0) is 0 Å². The molecule has 0 bridgehead atoms. The molecule has 0 saturated heterocycles. The van der Waals surface area contributed by atoms with Crippen LogP contribution in [0.1, 0.15) is 40.5 Å². The summed E-state index contributed by atoms with van der Waals surface area (Å²) in [5.41, 5.74) is 0. The summed E-state index contributed by atoms with van der Waals surface area (Å²) < 4.78 is 0. The zero-order valence-corrected chi connectivity index (χ0v) is 10.0. The van der Waals surface area contributed by atoms with Crippen molar-refractivity contribution in [2.75, 3.05) is 6.54 Å². The summed E-state index contributed by atoms with van der Waals surface area (Å²) in [6.45, 7) is 9.68. The van der Waals surface area contributed by atoms with Gasteiger partial charge in [0.15, 0.2) is 5.11 Å². The Kier molecular flexibility index (Phi) is 6.96. The summed E-state index contributed by atoms with van der Waals surface area (Å²) in [4.78, 5) is 0. The summed E-state index contributed by atoms with van der Waals surface area (Å²) in [5, 5.41) is 7.21. The van der Waals surface area contributed by atoms with Crippen LogP contribution in [0.4, 0.5) is 0 Å². The molecule has 0 radical (unpaired) electrons. The fraction of sp³-hybridized carbons (Fsp3) is 0.900. The molecule has 0 aromatic heterocycles. The summed E-state index contributed by atoms with van der Waals surface area (Å²) in [6, 6.07) is 0.471. The highest BCUT2D eigenvalue weighted by atomic mass is 32.1. The first-order valence-electron chi connectivity index (χ1n) is 5.10. The molecule has 3 heteroatoms. The lowest BCUT2D eigenvalue weighted by Gasteiger charge is -2.15. The van der Waals surface area contributed by atoms with E-state index in [1.165, 1.54) is 6.42 Å². The zero-order chi connectivity index (χ0) is 10.3. The van der Waals surface area contributed by atoms with Crippen molar-refractivity contribution in [1.82, 2.24) is 10.6 Å². The Morgan fingerprint density at radius 3 is 2.38 bits per heavy atom. The molecule has 2 N–H and O–H groups in total. The minimum absolute atomic E-state index is 0.471. The Labute approximate surface area is 87.5 Å². The van der Waals surface area contributed by atoms with Crippen molar-refractivity contribution in [1.29, 1.82) is 0 Å². The normalized spacial score (nSPS) is 12.7. The molecule has 0 heterocycles. The molecular formula is C10H22N2S. The van der Waals surface area contributed by atoms with Gasteiger partial charge in [-0.3, -0.25) is 0 Å².